The third kappa shape index (κ3) is 3.39. The number of fused-ring (bicyclic) bond motifs is 1. The van der Waals surface area contributed by atoms with Crippen LogP contribution in [0.5, 0.6) is 0 Å². The Morgan fingerprint density at radius 3 is 2.96 bits per heavy atom. The van der Waals surface area contributed by atoms with Crippen molar-refractivity contribution in [2.75, 3.05) is 5.75 Å². The van der Waals surface area contributed by atoms with Crippen LogP contribution in [0.2, 0.25) is 0 Å². The van der Waals surface area contributed by atoms with Gasteiger partial charge in [0.2, 0.25) is 5.91 Å². The Balaban J connectivity index is 1.39. The minimum Gasteiger partial charge on any atom is -0.322 e. The van der Waals surface area contributed by atoms with E-state index in [-0.39, 0.29) is 11.7 Å². The molecule has 10 heteroatoms. The molecule has 1 aliphatic heterocycles. The summed E-state index contributed by atoms with van der Waals surface area (Å²) in [5, 5.41) is 7.13. The first-order valence-electron chi connectivity index (χ1n) is 8.76. The molecule has 2 fully saturated rings. The van der Waals surface area contributed by atoms with Crippen molar-refractivity contribution in [2.45, 2.75) is 43.2 Å². The minimum atomic E-state index is -0.862. The quantitative estimate of drug-likeness (QED) is 0.460. The second kappa shape index (κ2) is 7.08. The first-order valence-corrected chi connectivity index (χ1v) is 10.6. The van der Waals surface area contributed by atoms with Crippen molar-refractivity contribution in [1.82, 2.24) is 25.7 Å². The first kappa shape index (κ1) is 18.2. The molecule has 1 saturated heterocycles. The number of carbonyl (C=O) groups excluding carboxylic acids is 3. The van der Waals surface area contributed by atoms with E-state index in [2.05, 4.69) is 27.6 Å². The van der Waals surface area contributed by atoms with Crippen LogP contribution in [0.1, 0.15) is 32.6 Å². The topological polar surface area (TPSA) is 104 Å². The van der Waals surface area contributed by atoms with E-state index in [1.807, 2.05) is 11.4 Å². The summed E-state index contributed by atoms with van der Waals surface area (Å²) in [5.74, 6) is -0.197. The maximum Gasteiger partial charge on any atom is 0.344 e. The van der Waals surface area contributed by atoms with Gasteiger partial charge in [0.05, 0.1) is 5.75 Å². The number of nitrogens with zero attached hydrogens (tertiary/aromatic N) is 3. The van der Waals surface area contributed by atoms with Crippen LogP contribution >= 0.6 is 23.1 Å². The largest absolute Gasteiger partial charge is 0.344 e. The minimum absolute atomic E-state index is 0.0447. The Morgan fingerprint density at radius 1 is 1.41 bits per heavy atom. The molecule has 4 rings (SSSR count). The van der Waals surface area contributed by atoms with Crippen molar-refractivity contribution in [3.63, 3.8) is 0 Å². The molecule has 0 unspecified atom stereocenters. The average molecular weight is 406 g/mol. The molecule has 0 atom stereocenters. The molecule has 0 radical (unpaired) electrons. The van der Waals surface area contributed by atoms with Crippen LogP contribution in [0.15, 0.2) is 22.8 Å². The molecular formula is C17H19N5O3S2. The molecule has 1 aliphatic carbocycles. The summed E-state index contributed by atoms with van der Waals surface area (Å²) >= 11 is 2.75. The van der Waals surface area contributed by atoms with Crippen LogP contribution < -0.4 is 10.7 Å². The van der Waals surface area contributed by atoms with E-state index in [9.17, 15) is 14.4 Å². The predicted octanol–water partition coefficient (Wildman–Crippen LogP) is 2.32. The van der Waals surface area contributed by atoms with Gasteiger partial charge in [-0.05, 0) is 43.0 Å². The van der Waals surface area contributed by atoms with Gasteiger partial charge in [-0.2, -0.15) is 5.01 Å². The maximum atomic E-state index is 12.8. The molecule has 0 aromatic carbocycles. The molecule has 27 heavy (non-hydrogen) atoms. The molecule has 3 heterocycles. The number of imide groups is 1. The van der Waals surface area contributed by atoms with Gasteiger partial charge in [0.15, 0.2) is 0 Å². The third-order valence-electron chi connectivity index (χ3n) is 5.09. The predicted molar refractivity (Wildman–Crippen MR) is 102 cm³/mol. The van der Waals surface area contributed by atoms with Crippen LogP contribution in [-0.4, -0.2) is 44.1 Å². The van der Waals surface area contributed by atoms with Gasteiger partial charge in [0.1, 0.15) is 21.7 Å². The molecule has 2 aliphatic rings. The molecule has 2 aromatic heterocycles. The summed E-state index contributed by atoms with van der Waals surface area (Å²) in [6.07, 6.45) is 4.44. The van der Waals surface area contributed by atoms with E-state index < -0.39 is 17.5 Å². The Bertz CT molecular complexity index is 907. The highest BCUT2D eigenvalue weighted by molar-refractivity contribution is 8.00. The van der Waals surface area contributed by atoms with Crippen molar-refractivity contribution in [3.8, 4) is 0 Å². The number of aromatic nitrogens is 2. The second-order valence-electron chi connectivity index (χ2n) is 6.98. The number of amides is 4. The van der Waals surface area contributed by atoms with Crippen molar-refractivity contribution in [2.24, 2.45) is 5.92 Å². The lowest BCUT2D eigenvalue weighted by atomic mass is 9.77. The zero-order valence-corrected chi connectivity index (χ0v) is 16.4. The van der Waals surface area contributed by atoms with Crippen LogP contribution in [0.25, 0.3) is 10.2 Å². The summed E-state index contributed by atoms with van der Waals surface area (Å²) in [6.45, 7) is 2.14. The zero-order valence-electron chi connectivity index (χ0n) is 14.7. The molecule has 2 aromatic rings. The van der Waals surface area contributed by atoms with Crippen LogP contribution in [0.4, 0.5) is 4.79 Å². The molecule has 1 saturated carbocycles. The van der Waals surface area contributed by atoms with Gasteiger partial charge in [0.25, 0.3) is 5.91 Å². The summed E-state index contributed by atoms with van der Waals surface area (Å²) in [7, 11) is 0. The highest BCUT2D eigenvalue weighted by atomic mass is 32.2. The van der Waals surface area contributed by atoms with Gasteiger partial charge >= 0.3 is 6.03 Å². The first-order chi connectivity index (χ1) is 13.0. The summed E-state index contributed by atoms with van der Waals surface area (Å²) < 4.78 is 0. The Morgan fingerprint density at radius 2 is 2.19 bits per heavy atom. The highest BCUT2D eigenvalue weighted by Crippen LogP contribution is 2.35. The number of urea groups is 1. The van der Waals surface area contributed by atoms with E-state index in [4.69, 9.17) is 0 Å². The van der Waals surface area contributed by atoms with Crippen LogP contribution in [0, 0.1) is 5.92 Å². The number of hydrogen-bond donors (Lipinski definition) is 2. The lowest BCUT2D eigenvalue weighted by Gasteiger charge is -2.33. The fourth-order valence-corrected chi connectivity index (χ4v) is 5.06. The molecule has 1 spiro atoms. The van der Waals surface area contributed by atoms with Crippen molar-refractivity contribution >= 4 is 51.2 Å². The number of hydrazine groups is 1. The average Bonchev–Trinajstić information content (AvgIpc) is 3.22. The standard InChI is InChI=1S/C17H19N5O3S2/c1-10-2-5-17(6-3-10)15(24)22(16(25)20-17)21-12(23)8-27-14-11-4-7-26-13(11)18-9-19-14/h4,7,9-10H,2-3,5-6,8H2,1H3,(H,20,25)(H,21,23). The van der Waals surface area contributed by atoms with E-state index in [0.29, 0.717) is 23.8 Å². The van der Waals surface area contributed by atoms with Gasteiger partial charge in [-0.1, -0.05) is 18.7 Å². The van der Waals surface area contributed by atoms with Gasteiger partial charge in [-0.15, -0.1) is 11.3 Å². The van der Waals surface area contributed by atoms with Crippen molar-refractivity contribution in [1.29, 1.82) is 0 Å². The van der Waals surface area contributed by atoms with Crippen LogP contribution in [0.3, 0.4) is 0 Å². The van der Waals surface area contributed by atoms with E-state index in [1.54, 1.807) is 0 Å². The van der Waals surface area contributed by atoms with Gasteiger partial charge in [-0.25, -0.2) is 14.8 Å². The van der Waals surface area contributed by atoms with Crippen molar-refractivity contribution in [3.05, 3.63) is 17.8 Å². The Labute approximate surface area is 164 Å². The fraction of sp³-hybridized carbons (Fsp3) is 0.471. The fourth-order valence-electron chi connectivity index (χ4n) is 3.49. The second-order valence-corrected chi connectivity index (χ2v) is 8.84. The van der Waals surface area contributed by atoms with E-state index in [0.717, 1.165) is 28.1 Å². The molecule has 2 N–H and O–H groups in total. The number of hydrogen-bond acceptors (Lipinski definition) is 7. The van der Waals surface area contributed by atoms with E-state index >= 15 is 0 Å². The normalized spacial score (nSPS) is 25.2. The Kier molecular flexibility index (Phi) is 4.77. The lowest BCUT2D eigenvalue weighted by molar-refractivity contribution is -0.139. The number of carbonyl (C=O) groups is 3. The number of thioether (sulfide) groups is 1. The summed E-state index contributed by atoms with van der Waals surface area (Å²) in [6, 6.07) is 1.35. The van der Waals surface area contributed by atoms with E-state index in [1.165, 1.54) is 29.4 Å². The maximum absolute atomic E-state index is 12.8. The Hall–Kier alpha value is -2.20. The molecule has 8 nitrogen and oxygen atoms in total. The number of nitrogens with one attached hydrogen (secondary N) is 2. The third-order valence-corrected chi connectivity index (χ3v) is 6.92. The number of rotatable bonds is 4. The molecular weight excluding hydrogens is 386 g/mol. The zero-order chi connectivity index (χ0) is 19.0. The monoisotopic (exact) mass is 405 g/mol. The lowest BCUT2D eigenvalue weighted by Crippen LogP contribution is -2.51. The SMILES string of the molecule is CC1CCC2(CC1)NC(=O)N(NC(=O)CSc1ncnc3sccc13)C2=O. The summed E-state index contributed by atoms with van der Waals surface area (Å²) in [5.41, 5.74) is 1.58. The van der Waals surface area contributed by atoms with Gasteiger partial charge in [-0.3, -0.25) is 15.0 Å². The highest BCUT2D eigenvalue weighted by Gasteiger charge is 2.52. The number of thiophene rings is 1. The smallest absolute Gasteiger partial charge is 0.322 e. The molecule has 4 amide bonds. The van der Waals surface area contributed by atoms with Crippen molar-refractivity contribution < 1.29 is 14.4 Å². The van der Waals surface area contributed by atoms with Gasteiger partial charge < -0.3 is 5.32 Å². The molecule has 142 valence electrons. The molecule has 0 bridgehead atoms. The van der Waals surface area contributed by atoms with Gasteiger partial charge in [0, 0.05) is 5.39 Å². The summed E-state index contributed by atoms with van der Waals surface area (Å²) in [4.78, 5) is 46.5. The van der Waals surface area contributed by atoms with Crippen LogP contribution in [-0.2, 0) is 9.59 Å².